The fourth-order valence-corrected chi connectivity index (χ4v) is 4.92. The Balaban J connectivity index is 1.76. The molecule has 112 valence electrons. The molecule has 0 radical (unpaired) electrons. The summed E-state index contributed by atoms with van der Waals surface area (Å²) in [5, 5.41) is 0. The highest BCUT2D eigenvalue weighted by atomic mass is 16.1. The number of Topliss-reactive ketones (excluding diaryl/α,β-unsaturated/α-hetero) is 1. The highest BCUT2D eigenvalue weighted by molar-refractivity contribution is 5.93. The second-order valence-corrected chi connectivity index (χ2v) is 7.06. The molecular weight excluding hydrogens is 262 g/mol. The van der Waals surface area contributed by atoms with Gasteiger partial charge in [-0.2, -0.15) is 0 Å². The van der Waals surface area contributed by atoms with E-state index in [9.17, 15) is 4.79 Å². The molecule has 4 heteroatoms. The minimum absolute atomic E-state index is 0.129. The van der Waals surface area contributed by atoms with Crippen molar-refractivity contribution in [3.63, 3.8) is 0 Å². The minimum Gasteiger partial charge on any atom is -0.298 e. The van der Waals surface area contributed by atoms with E-state index in [1.807, 2.05) is 12.4 Å². The van der Waals surface area contributed by atoms with E-state index in [-0.39, 0.29) is 10.8 Å². The van der Waals surface area contributed by atoms with E-state index < -0.39 is 0 Å². The van der Waals surface area contributed by atoms with Crippen molar-refractivity contribution >= 4 is 5.78 Å². The van der Waals surface area contributed by atoms with Crippen molar-refractivity contribution in [2.24, 2.45) is 10.8 Å². The third kappa shape index (κ3) is 1.63. The second kappa shape index (κ2) is 4.37. The van der Waals surface area contributed by atoms with E-state index in [2.05, 4.69) is 40.8 Å². The van der Waals surface area contributed by atoms with Crippen molar-refractivity contribution < 1.29 is 4.79 Å². The van der Waals surface area contributed by atoms with Gasteiger partial charge in [-0.25, -0.2) is 0 Å². The van der Waals surface area contributed by atoms with Crippen molar-refractivity contribution in [2.75, 3.05) is 26.2 Å². The van der Waals surface area contributed by atoms with Crippen LogP contribution in [0, 0.1) is 10.8 Å². The average molecular weight is 285 g/mol. The van der Waals surface area contributed by atoms with Gasteiger partial charge in [-0.3, -0.25) is 19.6 Å². The Hall–Kier alpha value is -1.26. The number of piperidine rings is 2. The molecule has 4 bridgehead atoms. The SMILES string of the molecule is CCC12CN3CC(CC)(CN(C1)C3c1ccncc1)C2=O. The maximum atomic E-state index is 13.1. The Kier molecular flexibility index (Phi) is 2.79. The van der Waals surface area contributed by atoms with Gasteiger partial charge in [0.1, 0.15) is 5.78 Å². The van der Waals surface area contributed by atoms with Gasteiger partial charge in [-0.15, -0.1) is 0 Å². The summed E-state index contributed by atoms with van der Waals surface area (Å²) in [4.78, 5) is 22.3. The number of carbonyl (C=O) groups is 1. The molecular formula is C17H23N3O. The number of hydrogen-bond donors (Lipinski definition) is 0. The quantitative estimate of drug-likeness (QED) is 0.852. The molecule has 4 fully saturated rings. The molecule has 5 rings (SSSR count). The fraction of sp³-hybridized carbons (Fsp3) is 0.647. The van der Waals surface area contributed by atoms with Crippen LogP contribution in [0.5, 0.6) is 0 Å². The normalized spacial score (nSPS) is 44.3. The van der Waals surface area contributed by atoms with Gasteiger partial charge in [0.15, 0.2) is 0 Å². The predicted octanol–water partition coefficient (Wildman–Crippen LogP) is 2.09. The molecule has 1 aromatic rings. The third-order valence-corrected chi connectivity index (χ3v) is 6.04. The van der Waals surface area contributed by atoms with Gasteiger partial charge < -0.3 is 0 Å². The highest BCUT2D eigenvalue weighted by Crippen LogP contribution is 2.54. The monoisotopic (exact) mass is 285 g/mol. The molecule has 1 aromatic heterocycles. The minimum atomic E-state index is -0.129. The van der Waals surface area contributed by atoms with Crippen LogP contribution in [0.25, 0.3) is 0 Å². The molecule has 0 spiro atoms. The first-order valence-electron chi connectivity index (χ1n) is 8.07. The van der Waals surface area contributed by atoms with E-state index in [1.54, 1.807) is 0 Å². The summed E-state index contributed by atoms with van der Waals surface area (Å²) in [6.07, 6.45) is 6.01. The Bertz CT molecular complexity index is 529. The van der Waals surface area contributed by atoms with Crippen molar-refractivity contribution in [3.8, 4) is 0 Å². The number of ketones is 1. The van der Waals surface area contributed by atoms with Gasteiger partial charge in [0.2, 0.25) is 0 Å². The Morgan fingerprint density at radius 1 is 1.05 bits per heavy atom. The van der Waals surface area contributed by atoms with Crippen LogP contribution in [-0.4, -0.2) is 46.7 Å². The number of aromatic nitrogens is 1. The molecule has 0 amide bonds. The summed E-state index contributed by atoms with van der Waals surface area (Å²) in [7, 11) is 0. The van der Waals surface area contributed by atoms with Gasteiger partial charge in [0.25, 0.3) is 0 Å². The highest BCUT2D eigenvalue weighted by Gasteiger charge is 2.64. The fourth-order valence-electron chi connectivity index (χ4n) is 4.92. The zero-order valence-corrected chi connectivity index (χ0v) is 12.9. The van der Waals surface area contributed by atoms with E-state index in [1.165, 1.54) is 5.56 Å². The van der Waals surface area contributed by atoms with E-state index in [0.717, 1.165) is 39.0 Å². The summed E-state index contributed by atoms with van der Waals surface area (Å²) >= 11 is 0. The second-order valence-electron chi connectivity index (χ2n) is 7.06. The molecule has 4 nitrogen and oxygen atoms in total. The lowest BCUT2D eigenvalue weighted by molar-refractivity contribution is -0.204. The molecule has 4 aliphatic rings. The number of hydrogen-bond acceptors (Lipinski definition) is 4. The van der Waals surface area contributed by atoms with Gasteiger partial charge in [-0.1, -0.05) is 13.8 Å². The van der Waals surface area contributed by atoms with Crippen molar-refractivity contribution in [2.45, 2.75) is 32.9 Å². The lowest BCUT2D eigenvalue weighted by Crippen LogP contribution is -2.76. The summed E-state index contributed by atoms with van der Waals surface area (Å²) in [5.41, 5.74) is 1.06. The van der Waals surface area contributed by atoms with Crippen LogP contribution in [0.15, 0.2) is 24.5 Å². The van der Waals surface area contributed by atoms with Gasteiger partial charge in [0, 0.05) is 38.6 Å². The van der Waals surface area contributed by atoms with Crippen LogP contribution in [0.4, 0.5) is 0 Å². The van der Waals surface area contributed by atoms with E-state index in [0.29, 0.717) is 11.9 Å². The Labute approximate surface area is 126 Å². The van der Waals surface area contributed by atoms with Gasteiger partial charge in [0.05, 0.1) is 17.0 Å². The van der Waals surface area contributed by atoms with Crippen LogP contribution in [0.2, 0.25) is 0 Å². The summed E-state index contributed by atoms with van der Waals surface area (Å²) in [5.74, 6) is 0.542. The maximum Gasteiger partial charge on any atom is 0.150 e. The van der Waals surface area contributed by atoms with Gasteiger partial charge in [-0.05, 0) is 30.5 Å². The number of rotatable bonds is 3. The smallest absolute Gasteiger partial charge is 0.150 e. The molecule has 5 heterocycles. The van der Waals surface area contributed by atoms with Crippen LogP contribution in [0.1, 0.15) is 38.4 Å². The summed E-state index contributed by atoms with van der Waals surface area (Å²) in [6, 6.07) is 4.23. The van der Waals surface area contributed by atoms with E-state index >= 15 is 0 Å². The Morgan fingerprint density at radius 3 is 1.95 bits per heavy atom. The van der Waals surface area contributed by atoms with Crippen LogP contribution in [-0.2, 0) is 4.79 Å². The first-order valence-corrected chi connectivity index (χ1v) is 8.07. The maximum absolute atomic E-state index is 13.1. The number of nitrogens with zero attached hydrogens (tertiary/aromatic N) is 3. The molecule has 4 saturated heterocycles. The van der Waals surface area contributed by atoms with Crippen LogP contribution < -0.4 is 0 Å². The summed E-state index contributed by atoms with van der Waals surface area (Å²) < 4.78 is 0. The summed E-state index contributed by atoms with van der Waals surface area (Å²) in [6.45, 7) is 8.05. The van der Waals surface area contributed by atoms with E-state index in [4.69, 9.17) is 0 Å². The lowest BCUT2D eigenvalue weighted by atomic mass is 9.58. The topological polar surface area (TPSA) is 36.4 Å². The number of carbonyl (C=O) groups excluding carboxylic acids is 1. The van der Waals surface area contributed by atoms with Crippen molar-refractivity contribution in [1.82, 2.24) is 14.8 Å². The molecule has 0 aliphatic carbocycles. The van der Waals surface area contributed by atoms with Crippen molar-refractivity contribution in [1.29, 1.82) is 0 Å². The van der Waals surface area contributed by atoms with Crippen molar-refractivity contribution in [3.05, 3.63) is 30.1 Å². The number of pyridine rings is 1. The first kappa shape index (κ1) is 13.4. The lowest BCUT2D eigenvalue weighted by Gasteiger charge is -2.66. The molecule has 4 aliphatic heterocycles. The molecule has 0 unspecified atom stereocenters. The zero-order chi connectivity index (χ0) is 14.7. The Morgan fingerprint density at radius 2 is 1.52 bits per heavy atom. The molecule has 0 saturated carbocycles. The van der Waals surface area contributed by atoms with Crippen LogP contribution in [0.3, 0.4) is 0 Å². The predicted molar refractivity (Wildman–Crippen MR) is 80.6 cm³/mol. The van der Waals surface area contributed by atoms with Crippen LogP contribution >= 0.6 is 0 Å². The third-order valence-electron chi connectivity index (χ3n) is 6.04. The zero-order valence-electron chi connectivity index (χ0n) is 12.9. The standard InChI is InChI=1S/C17H23N3O/c1-3-16-9-19-11-17(4-2,15(16)21)12-20(10-16)14(19)13-5-7-18-8-6-13/h5-8,14H,3-4,9-12H2,1-2H3. The molecule has 21 heavy (non-hydrogen) atoms. The average Bonchev–Trinajstić information content (AvgIpc) is 2.52. The molecule has 0 atom stereocenters. The van der Waals surface area contributed by atoms with Gasteiger partial charge >= 0.3 is 0 Å². The largest absolute Gasteiger partial charge is 0.298 e. The molecule has 0 aromatic carbocycles. The molecule has 0 N–H and O–H groups in total. The first-order chi connectivity index (χ1) is 10.1.